The van der Waals surface area contributed by atoms with Crippen molar-refractivity contribution in [3.63, 3.8) is 0 Å². The quantitative estimate of drug-likeness (QED) is 0.248. The molecule has 6 rings (SSSR count). The normalized spacial score (nSPS) is 21.7. The number of carbonyl (C=O) groups excluding carboxylic acids is 1. The monoisotopic (exact) mass is 528 g/mol. The highest BCUT2D eigenvalue weighted by Crippen LogP contribution is 2.46. The van der Waals surface area contributed by atoms with Gasteiger partial charge in [0.1, 0.15) is 11.8 Å². The van der Waals surface area contributed by atoms with E-state index in [0.29, 0.717) is 23.3 Å². The lowest BCUT2D eigenvalue weighted by atomic mass is 9.79. The van der Waals surface area contributed by atoms with Crippen LogP contribution in [0, 0.1) is 0 Å². The van der Waals surface area contributed by atoms with Gasteiger partial charge in [-0.1, -0.05) is 54.2 Å². The molecule has 1 saturated heterocycles. The SMILES string of the molecule is COC(=O)[C@@H]1C[C@@H]2c3ccccc3N[C@@H]2[C@@H](c2ccc(OC)c(CSc3nnc(-c4ccccc4)o3)c2)N1. The molecule has 3 heterocycles. The van der Waals surface area contributed by atoms with Gasteiger partial charge in [-0.25, -0.2) is 0 Å². The largest absolute Gasteiger partial charge is 0.496 e. The zero-order chi connectivity index (χ0) is 26.1. The zero-order valence-corrected chi connectivity index (χ0v) is 21.9. The summed E-state index contributed by atoms with van der Waals surface area (Å²) < 4.78 is 16.7. The van der Waals surface area contributed by atoms with E-state index in [9.17, 15) is 4.79 Å². The molecule has 38 heavy (non-hydrogen) atoms. The average molecular weight is 529 g/mol. The molecule has 4 aromatic rings. The summed E-state index contributed by atoms with van der Waals surface area (Å²) in [5.41, 5.74) is 5.32. The molecule has 0 radical (unpaired) electrons. The van der Waals surface area contributed by atoms with Gasteiger partial charge in [0.05, 0.1) is 26.3 Å². The fourth-order valence-corrected chi connectivity index (χ4v) is 6.22. The summed E-state index contributed by atoms with van der Waals surface area (Å²) in [5.74, 6) is 1.81. The van der Waals surface area contributed by atoms with Crippen LogP contribution in [-0.4, -0.2) is 42.5 Å². The molecule has 0 spiro atoms. The lowest BCUT2D eigenvalue weighted by Crippen LogP contribution is -2.52. The van der Waals surface area contributed by atoms with Crippen LogP contribution in [0.1, 0.15) is 35.1 Å². The predicted molar refractivity (Wildman–Crippen MR) is 145 cm³/mol. The van der Waals surface area contributed by atoms with Crippen LogP contribution in [0.3, 0.4) is 0 Å². The van der Waals surface area contributed by atoms with E-state index in [2.05, 4.69) is 51.2 Å². The Balaban J connectivity index is 1.26. The lowest BCUT2D eigenvalue weighted by molar-refractivity contribution is -0.144. The standard InChI is InChI=1S/C29H28N4O4S/c1-35-24-13-12-18(14-19(24)16-38-29-33-32-27(37-29)17-8-4-3-5-9-17)25-26-21(15-23(31-25)28(34)36-2)20-10-6-7-11-22(20)30-26/h3-14,21,23,25-26,30-31H,15-16H2,1-2H3/t21-,23+,25-,26+/m1/s1. The van der Waals surface area contributed by atoms with E-state index >= 15 is 0 Å². The number of piperidine rings is 1. The number of fused-ring (bicyclic) bond motifs is 3. The zero-order valence-electron chi connectivity index (χ0n) is 21.1. The fourth-order valence-electron chi connectivity index (χ4n) is 5.48. The average Bonchev–Trinajstić information content (AvgIpc) is 3.60. The summed E-state index contributed by atoms with van der Waals surface area (Å²) >= 11 is 1.46. The van der Waals surface area contributed by atoms with Crippen LogP contribution in [0.4, 0.5) is 5.69 Å². The first-order valence-corrected chi connectivity index (χ1v) is 13.5. The van der Waals surface area contributed by atoms with Gasteiger partial charge in [0.25, 0.3) is 5.22 Å². The molecule has 2 aliphatic rings. The molecule has 2 aliphatic heterocycles. The summed E-state index contributed by atoms with van der Waals surface area (Å²) in [4.78, 5) is 12.6. The number of rotatable bonds is 7. The van der Waals surface area contributed by atoms with Gasteiger partial charge in [-0.3, -0.25) is 10.1 Å². The maximum Gasteiger partial charge on any atom is 0.322 e. The van der Waals surface area contributed by atoms with Crippen LogP contribution in [0.2, 0.25) is 0 Å². The Morgan fingerprint density at radius 3 is 2.68 bits per heavy atom. The maximum atomic E-state index is 12.6. The van der Waals surface area contributed by atoms with Crippen LogP contribution in [-0.2, 0) is 15.3 Å². The second-order valence-electron chi connectivity index (χ2n) is 9.42. The highest BCUT2D eigenvalue weighted by Gasteiger charge is 2.45. The number of benzene rings is 3. The molecule has 2 N–H and O–H groups in total. The second kappa shape index (κ2) is 10.5. The van der Waals surface area contributed by atoms with Gasteiger partial charge >= 0.3 is 5.97 Å². The van der Waals surface area contributed by atoms with Gasteiger partial charge in [-0.15, -0.1) is 10.2 Å². The lowest BCUT2D eigenvalue weighted by Gasteiger charge is -2.39. The van der Waals surface area contributed by atoms with Crippen LogP contribution in [0.5, 0.6) is 5.75 Å². The second-order valence-corrected chi connectivity index (χ2v) is 10.3. The molecule has 9 heteroatoms. The van der Waals surface area contributed by atoms with Crippen molar-refractivity contribution in [3.05, 3.63) is 89.5 Å². The Bertz CT molecular complexity index is 1440. The number of ether oxygens (including phenoxy) is 2. The fraction of sp³-hybridized carbons (Fsp3) is 0.276. The molecule has 8 nitrogen and oxygen atoms in total. The van der Waals surface area contributed by atoms with Crippen molar-refractivity contribution in [1.29, 1.82) is 0 Å². The minimum absolute atomic E-state index is 0.103. The summed E-state index contributed by atoms with van der Waals surface area (Å²) in [5, 5.41) is 16.2. The summed E-state index contributed by atoms with van der Waals surface area (Å²) in [6.45, 7) is 0. The van der Waals surface area contributed by atoms with Gasteiger partial charge in [-0.2, -0.15) is 0 Å². The third kappa shape index (κ3) is 4.63. The number of aromatic nitrogens is 2. The summed E-state index contributed by atoms with van der Waals surface area (Å²) in [6.07, 6.45) is 0.678. The van der Waals surface area contributed by atoms with Crippen molar-refractivity contribution in [1.82, 2.24) is 15.5 Å². The van der Waals surface area contributed by atoms with E-state index in [1.165, 1.54) is 24.4 Å². The molecular weight excluding hydrogens is 500 g/mol. The van der Waals surface area contributed by atoms with Crippen molar-refractivity contribution in [2.24, 2.45) is 0 Å². The van der Waals surface area contributed by atoms with Gasteiger partial charge in [0.2, 0.25) is 5.89 Å². The van der Waals surface area contributed by atoms with E-state index in [-0.39, 0.29) is 24.0 Å². The molecule has 4 atom stereocenters. The summed E-state index contributed by atoms with van der Waals surface area (Å²) in [7, 11) is 3.11. The minimum atomic E-state index is -0.395. The van der Waals surface area contributed by atoms with E-state index in [0.717, 1.165) is 28.1 Å². The minimum Gasteiger partial charge on any atom is -0.496 e. The molecule has 0 saturated carbocycles. The topological polar surface area (TPSA) is 98.5 Å². The first-order valence-electron chi connectivity index (χ1n) is 12.5. The van der Waals surface area contributed by atoms with E-state index in [4.69, 9.17) is 13.9 Å². The number of anilines is 1. The number of para-hydroxylation sites is 1. The molecule has 3 aromatic carbocycles. The third-order valence-corrected chi connectivity index (χ3v) is 8.14. The van der Waals surface area contributed by atoms with Gasteiger partial charge < -0.3 is 19.2 Å². The van der Waals surface area contributed by atoms with Crippen molar-refractivity contribution in [2.75, 3.05) is 19.5 Å². The highest BCUT2D eigenvalue weighted by atomic mass is 32.2. The first-order chi connectivity index (χ1) is 18.6. The first kappa shape index (κ1) is 24.5. The highest BCUT2D eigenvalue weighted by molar-refractivity contribution is 7.98. The van der Waals surface area contributed by atoms with E-state index in [1.807, 2.05) is 42.5 Å². The van der Waals surface area contributed by atoms with Crippen LogP contribution < -0.4 is 15.4 Å². The van der Waals surface area contributed by atoms with Crippen molar-refractivity contribution in [2.45, 2.75) is 41.4 Å². The number of carbonyl (C=O) groups is 1. The van der Waals surface area contributed by atoms with E-state index in [1.54, 1.807) is 7.11 Å². The maximum absolute atomic E-state index is 12.6. The molecule has 0 aliphatic carbocycles. The number of hydrogen-bond donors (Lipinski definition) is 2. The Morgan fingerprint density at radius 2 is 1.87 bits per heavy atom. The van der Waals surface area contributed by atoms with E-state index < -0.39 is 6.04 Å². The third-order valence-electron chi connectivity index (χ3n) is 7.27. The number of nitrogens with zero attached hydrogens (tertiary/aromatic N) is 2. The molecule has 1 fully saturated rings. The molecular formula is C29H28N4O4S. The number of thioether (sulfide) groups is 1. The summed E-state index contributed by atoms with van der Waals surface area (Å²) in [6, 6.07) is 23.8. The van der Waals surface area contributed by atoms with Gasteiger partial charge in [0.15, 0.2) is 0 Å². The van der Waals surface area contributed by atoms with Gasteiger partial charge in [0, 0.05) is 28.5 Å². The number of esters is 1. The molecule has 194 valence electrons. The Hall–Kier alpha value is -3.82. The Morgan fingerprint density at radius 1 is 1.05 bits per heavy atom. The van der Waals surface area contributed by atoms with Crippen LogP contribution in [0.15, 0.2) is 82.4 Å². The molecule has 0 unspecified atom stereocenters. The number of methoxy groups -OCH3 is 2. The van der Waals surface area contributed by atoms with Crippen molar-refractivity contribution >= 4 is 23.4 Å². The Labute approximate surface area is 225 Å². The van der Waals surface area contributed by atoms with Crippen molar-refractivity contribution in [3.8, 4) is 17.2 Å². The van der Waals surface area contributed by atoms with Crippen molar-refractivity contribution < 1.29 is 18.7 Å². The number of hydrogen-bond acceptors (Lipinski definition) is 9. The van der Waals surface area contributed by atoms with Crippen LogP contribution >= 0.6 is 11.8 Å². The van der Waals surface area contributed by atoms with Gasteiger partial charge in [-0.05, 0) is 47.9 Å². The Kier molecular flexibility index (Phi) is 6.78. The molecule has 1 aromatic heterocycles. The van der Waals surface area contributed by atoms with Crippen LogP contribution in [0.25, 0.3) is 11.5 Å². The number of nitrogens with one attached hydrogen (secondary N) is 2. The smallest absolute Gasteiger partial charge is 0.322 e. The molecule has 0 amide bonds. The predicted octanol–water partition coefficient (Wildman–Crippen LogP) is 5.19. The molecule has 0 bridgehead atoms.